The Morgan fingerprint density at radius 3 is 1.10 bits per heavy atom. The Kier molecular flexibility index (Phi) is 25.4. The monoisotopic (exact) mass is 185 g/mol. The number of primary amides is 2. The molecule has 0 rings (SSSR count). The van der Waals surface area contributed by atoms with Gasteiger partial charge in [0.05, 0.1) is 0 Å². The van der Waals surface area contributed by atoms with Gasteiger partial charge in [-0.1, -0.05) is 0 Å². The van der Waals surface area contributed by atoms with Crippen LogP contribution in [0.1, 0.15) is 0 Å². The summed E-state index contributed by atoms with van der Waals surface area (Å²) >= 11 is 6.37. The van der Waals surface area contributed by atoms with E-state index in [2.05, 4.69) is 48.1 Å². The van der Waals surface area contributed by atoms with Crippen LogP contribution in [0.2, 0.25) is 0 Å². The van der Waals surface area contributed by atoms with Gasteiger partial charge in [0.25, 0.3) is 0 Å². The van der Waals surface area contributed by atoms with Gasteiger partial charge >= 0.3 is 6.03 Å². The minimum absolute atomic E-state index is 0.000000000000000222. The number of hydrogen-bond donors (Lipinski definition) is 5. The number of nitrogens with two attached hydrogens (primary N) is 4. The SMILES string of the molecule is NC(N)=O.NC(N)=S.[O]S. The minimum Gasteiger partial charge on any atom is -0.377 e. The van der Waals surface area contributed by atoms with Gasteiger partial charge in [-0.3, -0.25) is 0 Å². The lowest BCUT2D eigenvalue weighted by atomic mass is 11.2. The predicted molar refractivity (Wildman–Crippen MR) is 44.4 cm³/mol. The van der Waals surface area contributed by atoms with Crippen molar-refractivity contribution >= 4 is 36.3 Å². The van der Waals surface area contributed by atoms with Crippen LogP contribution in [0.15, 0.2) is 0 Å². The van der Waals surface area contributed by atoms with Gasteiger partial charge in [-0.25, -0.2) is 4.79 Å². The topological polar surface area (TPSA) is 141 Å². The molecule has 0 spiro atoms. The molecule has 0 bridgehead atoms. The van der Waals surface area contributed by atoms with E-state index in [1.807, 2.05) is 0 Å². The standard InChI is InChI=1S/CH4N2O.CH4N2S.HOS/c2*2-1(3)4;1-2/h2*(H4,2,3,4);2H. The molecule has 6 nitrogen and oxygen atoms in total. The third-order valence-corrected chi connectivity index (χ3v) is 0. The second-order valence-electron chi connectivity index (χ2n) is 0.805. The normalized spacial score (nSPS) is 5.40. The van der Waals surface area contributed by atoms with Crippen LogP contribution in [0.3, 0.4) is 0 Å². The fourth-order valence-corrected chi connectivity index (χ4v) is 0. The fraction of sp³-hybridized carbons (Fsp3) is 0. The Balaban J connectivity index is -0.0000000787. The number of carbonyl (C=O) groups excluding carboxylic acids is 1. The summed E-state index contributed by atoms with van der Waals surface area (Å²) in [6.07, 6.45) is 0. The quantitative estimate of drug-likeness (QED) is 0.177. The van der Waals surface area contributed by atoms with Crippen molar-refractivity contribution in [2.24, 2.45) is 22.9 Å². The van der Waals surface area contributed by atoms with Crippen LogP contribution in [0.25, 0.3) is 0 Å². The molecule has 0 atom stereocenters. The highest BCUT2D eigenvalue weighted by Crippen LogP contribution is 1.34. The van der Waals surface area contributed by atoms with E-state index < -0.39 is 6.03 Å². The van der Waals surface area contributed by atoms with Gasteiger partial charge in [0.15, 0.2) is 5.11 Å². The van der Waals surface area contributed by atoms with E-state index in [9.17, 15) is 0 Å². The molecule has 8 N–H and O–H groups in total. The number of rotatable bonds is 0. The van der Waals surface area contributed by atoms with Crippen molar-refractivity contribution in [2.45, 2.75) is 0 Å². The molecule has 0 fully saturated rings. The molecule has 8 heteroatoms. The third kappa shape index (κ3) is 536. The number of thiol groups is 1. The molecule has 0 heterocycles. The molecule has 61 valence electrons. The van der Waals surface area contributed by atoms with Crippen LogP contribution in [0, 0.1) is 0 Å². The number of urea groups is 1. The molecule has 0 aromatic carbocycles. The zero-order valence-electron chi connectivity index (χ0n) is 4.98. The van der Waals surface area contributed by atoms with Crippen molar-refractivity contribution in [1.82, 2.24) is 0 Å². The van der Waals surface area contributed by atoms with Crippen molar-refractivity contribution in [3.05, 3.63) is 0 Å². The van der Waals surface area contributed by atoms with Gasteiger partial charge in [-0.05, 0) is 12.2 Å². The largest absolute Gasteiger partial charge is 0.377 e. The Morgan fingerprint density at radius 1 is 1.10 bits per heavy atom. The summed E-state index contributed by atoms with van der Waals surface area (Å²) in [5.74, 6) is 0. The first kappa shape index (κ1) is 16.1. The molecule has 0 aromatic heterocycles. The zero-order chi connectivity index (χ0) is 9.15. The van der Waals surface area contributed by atoms with E-state index >= 15 is 0 Å². The van der Waals surface area contributed by atoms with Crippen molar-refractivity contribution in [1.29, 1.82) is 0 Å². The van der Waals surface area contributed by atoms with Gasteiger partial charge in [-0.2, -0.15) is 4.55 Å². The van der Waals surface area contributed by atoms with E-state index in [1.165, 1.54) is 0 Å². The number of hydrogen-bond acceptors (Lipinski definition) is 3. The van der Waals surface area contributed by atoms with Gasteiger partial charge in [-0.15, -0.1) is 0 Å². The molecule has 0 unspecified atom stereocenters. The lowest BCUT2D eigenvalue weighted by Gasteiger charge is -1.68. The summed E-state index contributed by atoms with van der Waals surface area (Å²) in [6.45, 7) is 0. The molecular formula is C2H9N4O2S2. The van der Waals surface area contributed by atoms with Crippen LogP contribution < -0.4 is 22.9 Å². The highest BCUT2D eigenvalue weighted by molar-refractivity contribution is 7.80. The van der Waals surface area contributed by atoms with Crippen LogP contribution in [-0.4, -0.2) is 11.1 Å². The van der Waals surface area contributed by atoms with Crippen LogP contribution in [0.5, 0.6) is 0 Å². The number of carbonyl (C=O) groups is 1. The summed E-state index contributed by atoms with van der Waals surface area (Å²) < 4.78 is 7.94. The smallest absolute Gasteiger partial charge is 0.309 e. The molecule has 10 heavy (non-hydrogen) atoms. The van der Waals surface area contributed by atoms with Gasteiger partial charge in [0.2, 0.25) is 0 Å². The predicted octanol–water partition coefficient (Wildman–Crippen LogP) is -1.53. The van der Waals surface area contributed by atoms with Crippen LogP contribution in [-0.2, 0) is 4.55 Å². The number of amides is 2. The van der Waals surface area contributed by atoms with Gasteiger partial charge in [0, 0.05) is 12.9 Å². The molecule has 0 aromatic rings. The Bertz CT molecular complexity index is 77.3. The van der Waals surface area contributed by atoms with Crippen molar-refractivity contribution in [3.63, 3.8) is 0 Å². The molecule has 0 aliphatic rings. The maximum absolute atomic E-state index is 9.00. The second-order valence-corrected chi connectivity index (χ2v) is 1.28. The maximum atomic E-state index is 9.00. The lowest BCUT2D eigenvalue weighted by molar-refractivity contribution is 0.256. The van der Waals surface area contributed by atoms with E-state index in [1.54, 1.807) is 0 Å². The molecule has 0 aliphatic heterocycles. The number of thiocarbonyl (C=S) groups is 1. The van der Waals surface area contributed by atoms with E-state index in [0.717, 1.165) is 0 Å². The molecule has 0 aliphatic carbocycles. The maximum Gasteiger partial charge on any atom is 0.309 e. The molecule has 1 radical (unpaired) electrons. The summed E-state index contributed by atoms with van der Waals surface area (Å²) in [4.78, 5) is 9.00. The van der Waals surface area contributed by atoms with E-state index in [0.29, 0.717) is 0 Å². The summed E-state index contributed by atoms with van der Waals surface area (Å²) in [7, 11) is 0. The molecule has 0 saturated carbocycles. The highest BCUT2D eigenvalue weighted by Gasteiger charge is 1.60. The fourth-order valence-electron chi connectivity index (χ4n) is 0. The van der Waals surface area contributed by atoms with E-state index in [4.69, 9.17) is 9.35 Å². The molecular weight excluding hydrogens is 176 g/mol. The molecule has 2 amide bonds. The van der Waals surface area contributed by atoms with Gasteiger partial charge < -0.3 is 22.9 Å². The van der Waals surface area contributed by atoms with Gasteiger partial charge in [0.1, 0.15) is 0 Å². The lowest BCUT2D eigenvalue weighted by Crippen LogP contribution is -2.18. The zero-order valence-corrected chi connectivity index (χ0v) is 6.69. The minimum atomic E-state index is -0.833. The summed E-state index contributed by atoms with van der Waals surface area (Å²) in [5.41, 5.74) is 17.7. The van der Waals surface area contributed by atoms with Crippen molar-refractivity contribution in [2.75, 3.05) is 0 Å². The Hall–Kier alpha value is -0.730. The second kappa shape index (κ2) is 15.7. The average molecular weight is 185 g/mol. The Labute approximate surface area is 69.2 Å². The first-order chi connectivity index (χ1) is 4.46. The summed E-state index contributed by atoms with van der Waals surface area (Å²) in [6, 6.07) is -0.833. The highest BCUT2D eigenvalue weighted by atomic mass is 32.1. The molecule has 0 saturated heterocycles. The van der Waals surface area contributed by atoms with Crippen molar-refractivity contribution in [3.8, 4) is 0 Å². The van der Waals surface area contributed by atoms with E-state index in [-0.39, 0.29) is 5.11 Å². The first-order valence-corrected chi connectivity index (χ1v) is 2.52. The third-order valence-electron chi connectivity index (χ3n) is 0. The van der Waals surface area contributed by atoms with Crippen LogP contribution in [0.4, 0.5) is 4.79 Å². The van der Waals surface area contributed by atoms with Crippen molar-refractivity contribution < 1.29 is 9.35 Å². The average Bonchev–Trinajstić information content (AvgIpc) is 1.66. The van der Waals surface area contributed by atoms with Crippen LogP contribution >= 0.6 is 25.1 Å². The summed E-state index contributed by atoms with van der Waals surface area (Å²) in [5, 5.41) is 0.000000000000000222. The first-order valence-electron chi connectivity index (χ1n) is 1.75. The Morgan fingerprint density at radius 2 is 1.10 bits per heavy atom.